The van der Waals surface area contributed by atoms with Crippen molar-refractivity contribution in [3.05, 3.63) is 64.3 Å². The summed E-state index contributed by atoms with van der Waals surface area (Å²) >= 11 is 6.15. The summed E-state index contributed by atoms with van der Waals surface area (Å²) in [5.41, 5.74) is 4.45. The number of anilines is 1. The minimum absolute atomic E-state index is 0.0302. The van der Waals surface area contributed by atoms with Crippen LogP contribution in [0, 0.1) is 0 Å². The second kappa shape index (κ2) is 6.03. The van der Waals surface area contributed by atoms with E-state index in [1.54, 1.807) is 12.1 Å². The lowest BCUT2D eigenvalue weighted by atomic mass is 9.91. The highest BCUT2D eigenvalue weighted by Gasteiger charge is 2.26. The van der Waals surface area contributed by atoms with Gasteiger partial charge in [-0.1, -0.05) is 23.7 Å². The van der Waals surface area contributed by atoms with E-state index in [0.29, 0.717) is 0 Å². The zero-order valence-corrected chi connectivity index (χ0v) is 14.6. The number of aryl methyl sites for hydroxylation is 1. The predicted octanol–water partition coefficient (Wildman–Crippen LogP) is 6.42. The highest BCUT2D eigenvalue weighted by atomic mass is 35.5. The van der Waals surface area contributed by atoms with Gasteiger partial charge in [-0.05, 0) is 55.2 Å². The van der Waals surface area contributed by atoms with Crippen LogP contribution in [0.3, 0.4) is 0 Å². The van der Waals surface area contributed by atoms with Crippen LogP contribution in [0.25, 0.3) is 10.9 Å². The van der Waals surface area contributed by atoms with E-state index in [0.717, 1.165) is 42.4 Å². The van der Waals surface area contributed by atoms with Crippen LogP contribution in [0.2, 0.25) is 5.02 Å². The van der Waals surface area contributed by atoms with Gasteiger partial charge in [0.1, 0.15) is 0 Å². The molecule has 130 valence electrons. The SMILES string of the molecule is CC(F)(F)c1ccc(NC2CCCc3c2[nH]c2ccc(Cl)cc32)cc1. The molecule has 1 unspecified atom stereocenters. The Bertz CT molecular complexity index is 910. The number of benzene rings is 2. The third-order valence-corrected chi connectivity index (χ3v) is 5.14. The molecule has 3 aromatic rings. The first-order valence-corrected chi connectivity index (χ1v) is 8.84. The average molecular weight is 361 g/mol. The predicted molar refractivity (Wildman–Crippen MR) is 98.6 cm³/mol. The molecule has 2 N–H and O–H groups in total. The fourth-order valence-corrected chi connectivity index (χ4v) is 3.81. The van der Waals surface area contributed by atoms with Crippen molar-refractivity contribution in [1.82, 2.24) is 4.98 Å². The van der Waals surface area contributed by atoms with Gasteiger partial charge in [0.25, 0.3) is 5.92 Å². The van der Waals surface area contributed by atoms with E-state index < -0.39 is 5.92 Å². The van der Waals surface area contributed by atoms with Gasteiger partial charge < -0.3 is 10.3 Å². The van der Waals surface area contributed by atoms with Gasteiger partial charge in [0, 0.05) is 39.8 Å². The molecule has 5 heteroatoms. The fraction of sp³-hybridized carbons (Fsp3) is 0.300. The Labute approximate surface area is 150 Å². The van der Waals surface area contributed by atoms with Gasteiger partial charge in [-0.3, -0.25) is 0 Å². The molecule has 0 spiro atoms. The van der Waals surface area contributed by atoms with Gasteiger partial charge in [-0.2, -0.15) is 0 Å². The van der Waals surface area contributed by atoms with Crippen molar-refractivity contribution in [2.45, 2.75) is 38.2 Å². The Morgan fingerprint density at radius 1 is 1.16 bits per heavy atom. The first-order chi connectivity index (χ1) is 11.9. The molecule has 1 heterocycles. The van der Waals surface area contributed by atoms with Gasteiger partial charge in [0.05, 0.1) is 6.04 Å². The maximum atomic E-state index is 13.4. The fourth-order valence-electron chi connectivity index (χ4n) is 3.64. The molecule has 0 aliphatic heterocycles. The second-order valence-electron chi connectivity index (χ2n) is 6.76. The molecule has 2 aromatic carbocycles. The molecule has 0 saturated heterocycles. The van der Waals surface area contributed by atoms with E-state index in [2.05, 4.69) is 10.3 Å². The Hall–Kier alpha value is -2.07. The zero-order chi connectivity index (χ0) is 17.6. The Balaban J connectivity index is 1.64. The summed E-state index contributed by atoms with van der Waals surface area (Å²) in [6.07, 6.45) is 3.10. The maximum Gasteiger partial charge on any atom is 0.270 e. The number of aromatic amines is 1. The quantitative estimate of drug-likeness (QED) is 0.554. The molecule has 2 nitrogen and oxygen atoms in total. The highest BCUT2D eigenvalue weighted by Crippen LogP contribution is 2.37. The lowest BCUT2D eigenvalue weighted by Gasteiger charge is -2.25. The molecular weight excluding hydrogens is 342 g/mol. The summed E-state index contributed by atoms with van der Waals surface area (Å²) in [6.45, 7) is 0.915. The van der Waals surface area contributed by atoms with Gasteiger partial charge in [0.15, 0.2) is 0 Å². The van der Waals surface area contributed by atoms with Crippen LogP contribution in [0.15, 0.2) is 42.5 Å². The molecule has 0 fully saturated rings. The number of aromatic nitrogens is 1. The molecule has 1 aliphatic rings. The Kier molecular flexibility index (Phi) is 3.95. The smallest absolute Gasteiger partial charge is 0.270 e. The first kappa shape index (κ1) is 16.4. The monoisotopic (exact) mass is 360 g/mol. The first-order valence-electron chi connectivity index (χ1n) is 8.47. The molecule has 1 aliphatic carbocycles. The molecule has 0 radical (unpaired) electrons. The minimum Gasteiger partial charge on any atom is -0.377 e. The molecule has 1 atom stereocenters. The lowest BCUT2D eigenvalue weighted by molar-refractivity contribution is 0.0175. The number of nitrogens with one attached hydrogen (secondary N) is 2. The van der Waals surface area contributed by atoms with Crippen molar-refractivity contribution < 1.29 is 8.78 Å². The summed E-state index contributed by atoms with van der Waals surface area (Å²) in [6, 6.07) is 12.5. The van der Waals surface area contributed by atoms with Gasteiger partial charge >= 0.3 is 0 Å². The van der Waals surface area contributed by atoms with E-state index >= 15 is 0 Å². The largest absolute Gasteiger partial charge is 0.377 e. The van der Waals surface area contributed by atoms with Crippen molar-refractivity contribution in [1.29, 1.82) is 0 Å². The third kappa shape index (κ3) is 3.11. The average Bonchev–Trinajstić information content (AvgIpc) is 2.94. The van der Waals surface area contributed by atoms with Gasteiger partial charge in [0.2, 0.25) is 0 Å². The van der Waals surface area contributed by atoms with E-state index in [4.69, 9.17) is 11.6 Å². The van der Waals surface area contributed by atoms with Crippen LogP contribution in [0.1, 0.15) is 42.6 Å². The van der Waals surface area contributed by atoms with E-state index in [-0.39, 0.29) is 11.6 Å². The van der Waals surface area contributed by atoms with Crippen molar-refractivity contribution in [3.8, 4) is 0 Å². The Morgan fingerprint density at radius 2 is 1.92 bits per heavy atom. The van der Waals surface area contributed by atoms with E-state index in [9.17, 15) is 8.78 Å². The topological polar surface area (TPSA) is 27.8 Å². The third-order valence-electron chi connectivity index (χ3n) is 4.90. The number of hydrogen-bond acceptors (Lipinski definition) is 1. The van der Waals surface area contributed by atoms with Crippen LogP contribution in [-0.2, 0) is 12.3 Å². The van der Waals surface area contributed by atoms with Crippen molar-refractivity contribution in [3.63, 3.8) is 0 Å². The van der Waals surface area contributed by atoms with Gasteiger partial charge in [-0.25, -0.2) is 8.78 Å². The molecule has 0 saturated carbocycles. The second-order valence-corrected chi connectivity index (χ2v) is 7.20. The maximum absolute atomic E-state index is 13.4. The van der Waals surface area contributed by atoms with Crippen molar-refractivity contribution >= 4 is 28.2 Å². The van der Waals surface area contributed by atoms with E-state index in [1.807, 2.05) is 18.2 Å². The molecule has 0 bridgehead atoms. The summed E-state index contributed by atoms with van der Waals surface area (Å²) in [5.74, 6) is -2.81. The number of hydrogen-bond donors (Lipinski definition) is 2. The highest BCUT2D eigenvalue weighted by molar-refractivity contribution is 6.31. The number of H-pyrrole nitrogens is 1. The van der Waals surface area contributed by atoms with Crippen molar-refractivity contribution in [2.24, 2.45) is 0 Å². The molecule has 4 rings (SSSR count). The normalized spacial score (nSPS) is 17.5. The van der Waals surface area contributed by atoms with Crippen LogP contribution >= 0.6 is 11.6 Å². The Morgan fingerprint density at radius 3 is 2.64 bits per heavy atom. The minimum atomic E-state index is -2.81. The summed E-state index contributed by atoms with van der Waals surface area (Å²) in [4.78, 5) is 3.51. The summed E-state index contributed by atoms with van der Waals surface area (Å²) in [7, 11) is 0. The molecule has 1 aromatic heterocycles. The van der Waals surface area contributed by atoms with Crippen LogP contribution in [-0.4, -0.2) is 4.98 Å². The number of alkyl halides is 2. The lowest BCUT2D eigenvalue weighted by Crippen LogP contribution is -2.17. The number of halogens is 3. The molecule has 0 amide bonds. The van der Waals surface area contributed by atoms with Gasteiger partial charge in [-0.15, -0.1) is 0 Å². The van der Waals surface area contributed by atoms with Crippen LogP contribution in [0.4, 0.5) is 14.5 Å². The number of rotatable bonds is 3. The zero-order valence-electron chi connectivity index (χ0n) is 13.9. The van der Waals surface area contributed by atoms with Crippen LogP contribution < -0.4 is 5.32 Å². The van der Waals surface area contributed by atoms with Crippen LogP contribution in [0.5, 0.6) is 0 Å². The summed E-state index contributed by atoms with van der Waals surface area (Å²) in [5, 5.41) is 5.39. The molecule has 25 heavy (non-hydrogen) atoms. The number of fused-ring (bicyclic) bond motifs is 3. The summed E-state index contributed by atoms with van der Waals surface area (Å²) < 4.78 is 26.7. The molecular formula is C20H19ClF2N2. The van der Waals surface area contributed by atoms with E-state index in [1.165, 1.54) is 28.8 Å². The van der Waals surface area contributed by atoms with Crippen molar-refractivity contribution in [2.75, 3.05) is 5.32 Å². The standard InChI is InChI=1S/C20H19ClF2N2/c1-20(22,23)12-5-8-14(9-6-12)24-18-4-2-3-15-16-11-13(21)7-10-17(16)25-19(15)18/h5-11,18,24-25H,2-4H2,1H3.